The van der Waals surface area contributed by atoms with Gasteiger partial charge in [0.05, 0.1) is 12.7 Å². The van der Waals surface area contributed by atoms with Gasteiger partial charge in [-0.25, -0.2) is 0 Å². The van der Waals surface area contributed by atoms with E-state index >= 15 is 0 Å². The van der Waals surface area contributed by atoms with Gasteiger partial charge in [0.2, 0.25) is 0 Å². The summed E-state index contributed by atoms with van der Waals surface area (Å²) in [5, 5.41) is 2.91. The van der Waals surface area contributed by atoms with E-state index < -0.39 is 35.6 Å². The minimum Gasteiger partial charge on any atom is -0.497 e. The number of methoxy groups -OCH3 is 1. The van der Waals surface area contributed by atoms with E-state index in [1.165, 1.54) is 31.1 Å². The summed E-state index contributed by atoms with van der Waals surface area (Å²) in [5.74, 6) is -1.49. The number of rotatable bonds is 6. The molecule has 2 unspecified atom stereocenters. The number of benzene rings is 2. The molecule has 172 valence electrons. The number of anilines is 1. The van der Waals surface area contributed by atoms with Crippen molar-refractivity contribution in [2.24, 2.45) is 0 Å². The molecule has 1 aliphatic rings. The van der Waals surface area contributed by atoms with Crippen LogP contribution in [0.1, 0.15) is 29.5 Å². The Morgan fingerprint density at radius 2 is 1.88 bits per heavy atom. The van der Waals surface area contributed by atoms with Crippen LogP contribution in [0.25, 0.3) is 0 Å². The van der Waals surface area contributed by atoms with Crippen molar-refractivity contribution >= 4 is 17.6 Å². The van der Waals surface area contributed by atoms with Gasteiger partial charge in [0.25, 0.3) is 5.91 Å². The normalized spacial score (nSPS) is 18.7. The molecule has 6 nitrogen and oxygen atoms in total. The number of fused-ring (bicyclic) bond motifs is 1. The molecule has 0 spiro atoms. The maximum absolute atomic E-state index is 13.9. The van der Waals surface area contributed by atoms with Crippen molar-refractivity contribution in [3.05, 3.63) is 59.2 Å². The zero-order chi connectivity index (χ0) is 23.5. The molecule has 0 fully saturated rings. The third kappa shape index (κ3) is 4.88. The molecule has 0 saturated heterocycles. The van der Waals surface area contributed by atoms with E-state index in [9.17, 15) is 22.8 Å². The second-order valence-corrected chi connectivity index (χ2v) is 7.51. The van der Waals surface area contributed by atoms with Crippen molar-refractivity contribution in [3.63, 3.8) is 0 Å². The van der Waals surface area contributed by atoms with Gasteiger partial charge in [-0.2, -0.15) is 13.2 Å². The lowest BCUT2D eigenvalue weighted by molar-refractivity contribution is -0.154. The highest BCUT2D eigenvalue weighted by atomic mass is 19.4. The van der Waals surface area contributed by atoms with Crippen molar-refractivity contribution in [2.45, 2.75) is 31.5 Å². The first-order valence-electron chi connectivity index (χ1n) is 10.1. The highest BCUT2D eigenvalue weighted by Crippen LogP contribution is 2.42. The van der Waals surface area contributed by atoms with E-state index in [-0.39, 0.29) is 24.2 Å². The zero-order valence-corrected chi connectivity index (χ0v) is 18.0. The van der Waals surface area contributed by atoms with Crippen LogP contribution in [0.4, 0.5) is 18.9 Å². The Kier molecular flexibility index (Phi) is 7.08. The number of ether oxygens (including phenoxy) is 2. The van der Waals surface area contributed by atoms with E-state index in [1.54, 1.807) is 31.3 Å². The number of hydrogen-bond acceptors (Lipinski definition) is 5. The summed E-state index contributed by atoms with van der Waals surface area (Å²) in [7, 11) is 3.18. The van der Waals surface area contributed by atoms with Crippen LogP contribution >= 0.6 is 0 Å². The Morgan fingerprint density at radius 3 is 2.44 bits per heavy atom. The first kappa shape index (κ1) is 23.6. The summed E-state index contributed by atoms with van der Waals surface area (Å²) in [6, 6.07) is 10.5. The summed E-state index contributed by atoms with van der Waals surface area (Å²) in [4.78, 5) is 26.7. The first-order chi connectivity index (χ1) is 15.2. The standard InChI is InChI=1S/C23H25F3N2O4/c1-14(29)32-21-17(15-7-9-16(31-3)10-8-15)13-18-19(23(24,25)26)5-4-6-20(18)28(22(21)30)12-11-27-2/h4-10,17,21,27H,11-13H2,1-3H3. The van der Waals surface area contributed by atoms with Crippen LogP contribution < -0.4 is 15.0 Å². The molecular formula is C23H25F3N2O4. The second kappa shape index (κ2) is 9.60. The fraction of sp³-hybridized carbons (Fsp3) is 0.391. The molecular weight excluding hydrogens is 425 g/mol. The number of halogens is 3. The Labute approximate surface area is 184 Å². The fourth-order valence-electron chi connectivity index (χ4n) is 3.99. The number of alkyl halides is 3. The van der Waals surface area contributed by atoms with E-state index in [1.807, 2.05) is 0 Å². The number of nitrogens with one attached hydrogen (secondary N) is 1. The molecule has 2 aromatic carbocycles. The molecule has 0 aromatic heterocycles. The fourth-order valence-corrected chi connectivity index (χ4v) is 3.99. The topological polar surface area (TPSA) is 67.9 Å². The van der Waals surface area contributed by atoms with Gasteiger partial charge in [-0.1, -0.05) is 18.2 Å². The number of amides is 1. The van der Waals surface area contributed by atoms with E-state index in [2.05, 4.69) is 5.32 Å². The molecule has 0 aliphatic carbocycles. The summed E-state index contributed by atoms with van der Waals surface area (Å²) in [5.41, 5.74) is -0.0591. The number of esters is 1. The number of carbonyl (C=O) groups is 2. The van der Waals surface area contributed by atoms with Crippen LogP contribution in [0.15, 0.2) is 42.5 Å². The maximum atomic E-state index is 13.9. The lowest BCUT2D eigenvalue weighted by Crippen LogP contribution is -2.45. The third-order valence-electron chi connectivity index (χ3n) is 5.47. The van der Waals surface area contributed by atoms with Crippen LogP contribution in [-0.2, 0) is 26.9 Å². The molecule has 1 amide bonds. The van der Waals surface area contributed by atoms with Crippen molar-refractivity contribution in [1.29, 1.82) is 0 Å². The van der Waals surface area contributed by atoms with Gasteiger partial charge in [-0.15, -0.1) is 0 Å². The van der Waals surface area contributed by atoms with Gasteiger partial charge < -0.3 is 19.7 Å². The molecule has 0 radical (unpaired) electrons. The summed E-state index contributed by atoms with van der Waals surface area (Å²) in [6.45, 7) is 1.65. The highest BCUT2D eigenvalue weighted by molar-refractivity contribution is 6.00. The number of nitrogens with zero attached hydrogens (tertiary/aromatic N) is 1. The smallest absolute Gasteiger partial charge is 0.416 e. The van der Waals surface area contributed by atoms with Crippen LogP contribution in [-0.4, -0.2) is 45.2 Å². The number of carbonyl (C=O) groups excluding carboxylic acids is 2. The van der Waals surface area contributed by atoms with E-state index in [0.717, 1.165) is 6.07 Å². The van der Waals surface area contributed by atoms with Crippen molar-refractivity contribution in [1.82, 2.24) is 5.32 Å². The Balaban J connectivity index is 2.21. The molecule has 2 atom stereocenters. The first-order valence-corrected chi connectivity index (χ1v) is 10.1. The van der Waals surface area contributed by atoms with Gasteiger partial charge in [0.15, 0.2) is 6.10 Å². The number of hydrogen-bond donors (Lipinski definition) is 1. The van der Waals surface area contributed by atoms with Crippen molar-refractivity contribution in [3.8, 4) is 5.75 Å². The quantitative estimate of drug-likeness (QED) is 0.682. The third-order valence-corrected chi connectivity index (χ3v) is 5.47. The predicted octanol–water partition coefficient (Wildman–Crippen LogP) is 3.54. The minimum atomic E-state index is -4.60. The van der Waals surface area contributed by atoms with Gasteiger partial charge in [-0.3, -0.25) is 9.59 Å². The predicted molar refractivity (Wildman–Crippen MR) is 113 cm³/mol. The van der Waals surface area contributed by atoms with Gasteiger partial charge in [-0.05, 0) is 48.9 Å². The molecule has 32 heavy (non-hydrogen) atoms. The number of likely N-dealkylation sites (N-methyl/N-ethyl adjacent to an activating group) is 1. The average Bonchev–Trinajstić information content (AvgIpc) is 2.86. The SMILES string of the molecule is CNCCN1C(=O)C(OC(C)=O)C(c2ccc(OC)cc2)Cc2c1cccc2C(F)(F)F. The highest BCUT2D eigenvalue weighted by Gasteiger charge is 2.43. The molecule has 3 rings (SSSR count). The summed E-state index contributed by atoms with van der Waals surface area (Å²) in [6.07, 6.45) is -6.00. The minimum absolute atomic E-state index is 0.0000712. The maximum Gasteiger partial charge on any atom is 0.416 e. The summed E-state index contributed by atoms with van der Waals surface area (Å²) < 4.78 is 52.3. The summed E-state index contributed by atoms with van der Waals surface area (Å²) >= 11 is 0. The lowest BCUT2D eigenvalue weighted by Gasteiger charge is -2.28. The van der Waals surface area contributed by atoms with Crippen LogP contribution in [0.3, 0.4) is 0 Å². The molecule has 1 aliphatic heterocycles. The molecule has 0 bridgehead atoms. The van der Waals surface area contributed by atoms with Gasteiger partial charge in [0.1, 0.15) is 5.75 Å². The Hall–Kier alpha value is -3.07. The monoisotopic (exact) mass is 450 g/mol. The average molecular weight is 450 g/mol. The molecule has 1 N–H and O–H groups in total. The Bertz CT molecular complexity index is 976. The zero-order valence-electron chi connectivity index (χ0n) is 18.0. The molecule has 1 heterocycles. The van der Waals surface area contributed by atoms with E-state index in [4.69, 9.17) is 9.47 Å². The van der Waals surface area contributed by atoms with Crippen LogP contribution in [0.5, 0.6) is 5.75 Å². The molecule has 0 saturated carbocycles. The van der Waals surface area contributed by atoms with Crippen LogP contribution in [0.2, 0.25) is 0 Å². The van der Waals surface area contributed by atoms with E-state index in [0.29, 0.717) is 17.9 Å². The molecule has 9 heteroatoms. The Morgan fingerprint density at radius 1 is 1.19 bits per heavy atom. The van der Waals surface area contributed by atoms with Crippen LogP contribution in [0, 0.1) is 0 Å². The van der Waals surface area contributed by atoms with Crippen molar-refractivity contribution in [2.75, 3.05) is 32.1 Å². The largest absolute Gasteiger partial charge is 0.497 e. The lowest BCUT2D eigenvalue weighted by atomic mass is 9.86. The molecule has 2 aromatic rings. The van der Waals surface area contributed by atoms with Gasteiger partial charge in [0, 0.05) is 31.6 Å². The van der Waals surface area contributed by atoms with Crippen molar-refractivity contribution < 1.29 is 32.2 Å². The second-order valence-electron chi connectivity index (χ2n) is 7.51. The van der Waals surface area contributed by atoms with Gasteiger partial charge >= 0.3 is 12.1 Å².